The predicted octanol–water partition coefficient (Wildman–Crippen LogP) is 2.42. The average Bonchev–Trinajstić information content (AvgIpc) is 2.94. The number of hydrogen-bond acceptors (Lipinski definition) is 8. The second-order valence-corrected chi connectivity index (χ2v) is 8.17. The summed E-state index contributed by atoms with van der Waals surface area (Å²) in [6.45, 7) is 4.91. The molecule has 1 aliphatic heterocycles. The van der Waals surface area contributed by atoms with Crippen molar-refractivity contribution < 1.29 is 9.53 Å². The van der Waals surface area contributed by atoms with Crippen molar-refractivity contribution in [3.05, 3.63) is 31.7 Å². The van der Waals surface area contributed by atoms with Gasteiger partial charge in [0.05, 0.1) is 6.61 Å². The fourth-order valence-electron chi connectivity index (χ4n) is 2.65. The Balaban J connectivity index is 1.65. The SMILES string of the molecule is CCOC(=O)c1cc(C)c(CC[C@@H]2CNc3nc(N)[nH]c(=O)c3S2)s1. The van der Waals surface area contributed by atoms with Crippen molar-refractivity contribution >= 4 is 40.8 Å². The molecule has 0 unspecified atom stereocenters. The minimum atomic E-state index is -0.264. The maximum Gasteiger partial charge on any atom is 0.348 e. The van der Waals surface area contributed by atoms with E-state index < -0.39 is 0 Å². The molecule has 2 aromatic heterocycles. The van der Waals surface area contributed by atoms with Crippen LogP contribution >= 0.6 is 23.1 Å². The molecule has 0 bridgehead atoms. The van der Waals surface area contributed by atoms with Crippen LogP contribution in [0, 0.1) is 6.92 Å². The van der Waals surface area contributed by atoms with E-state index >= 15 is 0 Å². The van der Waals surface area contributed by atoms with E-state index in [-0.39, 0.29) is 22.7 Å². The highest BCUT2D eigenvalue weighted by Gasteiger charge is 2.24. The summed E-state index contributed by atoms with van der Waals surface area (Å²) in [6, 6.07) is 1.89. The number of H-pyrrole nitrogens is 1. The standard InChI is InChI=1S/C16H20N4O3S2/c1-3-23-15(22)11-6-8(2)10(25-11)5-4-9-7-18-13-12(24-9)14(21)20-16(17)19-13/h6,9H,3-5,7H2,1-2H3,(H4,17,18,19,20,21)/t9-/m1/s1. The Morgan fingerprint density at radius 2 is 2.32 bits per heavy atom. The van der Waals surface area contributed by atoms with E-state index in [9.17, 15) is 9.59 Å². The summed E-state index contributed by atoms with van der Waals surface area (Å²) < 4.78 is 5.05. The highest BCUT2D eigenvalue weighted by Crippen LogP contribution is 2.34. The predicted molar refractivity (Wildman–Crippen MR) is 101 cm³/mol. The summed E-state index contributed by atoms with van der Waals surface area (Å²) in [7, 11) is 0. The average molecular weight is 380 g/mol. The summed E-state index contributed by atoms with van der Waals surface area (Å²) >= 11 is 3.01. The van der Waals surface area contributed by atoms with Gasteiger partial charge in [-0.2, -0.15) is 4.98 Å². The molecule has 3 rings (SSSR count). The fourth-order valence-corrected chi connectivity index (χ4v) is 4.86. The number of nitrogen functional groups attached to an aromatic ring is 1. The number of anilines is 2. The Hall–Kier alpha value is -2.00. The first-order valence-electron chi connectivity index (χ1n) is 8.04. The summed E-state index contributed by atoms with van der Waals surface area (Å²) in [5.41, 5.74) is 6.46. The van der Waals surface area contributed by atoms with E-state index in [0.717, 1.165) is 24.9 Å². The molecule has 134 valence electrons. The van der Waals surface area contributed by atoms with Gasteiger partial charge in [-0.25, -0.2) is 4.79 Å². The monoisotopic (exact) mass is 380 g/mol. The maximum absolute atomic E-state index is 12.0. The highest BCUT2D eigenvalue weighted by atomic mass is 32.2. The lowest BCUT2D eigenvalue weighted by Crippen LogP contribution is -2.28. The lowest BCUT2D eigenvalue weighted by Gasteiger charge is -2.24. The van der Waals surface area contributed by atoms with Crippen molar-refractivity contribution in [3.8, 4) is 0 Å². The van der Waals surface area contributed by atoms with Gasteiger partial charge in [-0.15, -0.1) is 23.1 Å². The van der Waals surface area contributed by atoms with Gasteiger partial charge in [0.2, 0.25) is 5.95 Å². The van der Waals surface area contributed by atoms with E-state index in [4.69, 9.17) is 10.5 Å². The molecule has 0 fully saturated rings. The van der Waals surface area contributed by atoms with E-state index in [2.05, 4.69) is 15.3 Å². The van der Waals surface area contributed by atoms with Crippen LogP contribution in [0.15, 0.2) is 15.8 Å². The Bertz CT molecular complexity index is 846. The number of thioether (sulfide) groups is 1. The van der Waals surface area contributed by atoms with Gasteiger partial charge in [-0.1, -0.05) is 0 Å². The van der Waals surface area contributed by atoms with Crippen LogP contribution in [0.5, 0.6) is 0 Å². The molecule has 0 amide bonds. The number of nitrogens with two attached hydrogens (primary N) is 1. The normalized spacial score (nSPS) is 16.2. The Labute approximate surface area is 153 Å². The molecule has 2 aromatic rings. The first kappa shape index (κ1) is 17.8. The number of aromatic nitrogens is 2. The Kier molecular flexibility index (Phi) is 5.33. The van der Waals surface area contributed by atoms with Crippen LogP contribution in [0.3, 0.4) is 0 Å². The second kappa shape index (κ2) is 7.49. The van der Waals surface area contributed by atoms with Gasteiger partial charge in [0.15, 0.2) is 0 Å². The molecule has 0 aromatic carbocycles. The van der Waals surface area contributed by atoms with E-state index in [1.54, 1.807) is 6.92 Å². The van der Waals surface area contributed by atoms with Crippen molar-refractivity contribution in [1.29, 1.82) is 0 Å². The number of fused-ring (bicyclic) bond motifs is 1. The van der Waals surface area contributed by atoms with Gasteiger partial charge in [-0.3, -0.25) is 9.78 Å². The zero-order valence-corrected chi connectivity index (χ0v) is 15.7. The molecule has 25 heavy (non-hydrogen) atoms. The lowest BCUT2D eigenvalue weighted by molar-refractivity contribution is 0.0532. The molecule has 1 aliphatic rings. The number of thiophene rings is 1. The number of aryl methyl sites for hydroxylation is 2. The van der Waals surface area contributed by atoms with Crippen LogP contribution in [-0.4, -0.2) is 34.3 Å². The molecule has 0 spiro atoms. The summed E-state index contributed by atoms with van der Waals surface area (Å²) in [5.74, 6) is 0.412. The molecule has 0 saturated heterocycles. The van der Waals surface area contributed by atoms with Gasteiger partial charge in [0.1, 0.15) is 15.6 Å². The van der Waals surface area contributed by atoms with Crippen LogP contribution in [-0.2, 0) is 11.2 Å². The summed E-state index contributed by atoms with van der Waals surface area (Å²) in [5, 5.41) is 3.44. The topological polar surface area (TPSA) is 110 Å². The van der Waals surface area contributed by atoms with Crippen LogP contribution in [0.1, 0.15) is 33.5 Å². The first-order chi connectivity index (χ1) is 12.0. The zero-order chi connectivity index (χ0) is 18.0. The molecule has 1 atom stereocenters. The smallest absolute Gasteiger partial charge is 0.348 e. The number of hydrogen-bond donors (Lipinski definition) is 3. The molecule has 9 heteroatoms. The molecule has 3 heterocycles. The van der Waals surface area contributed by atoms with Crippen LogP contribution < -0.4 is 16.6 Å². The second-order valence-electron chi connectivity index (χ2n) is 5.73. The van der Waals surface area contributed by atoms with E-state index in [1.807, 2.05) is 13.0 Å². The largest absolute Gasteiger partial charge is 0.462 e. The van der Waals surface area contributed by atoms with Crippen LogP contribution in [0.25, 0.3) is 0 Å². The third-order valence-electron chi connectivity index (χ3n) is 3.87. The van der Waals surface area contributed by atoms with Crippen LogP contribution in [0.4, 0.5) is 11.8 Å². The summed E-state index contributed by atoms with van der Waals surface area (Å²) in [6.07, 6.45) is 1.75. The molecule has 0 radical (unpaired) electrons. The maximum atomic E-state index is 12.0. The molecule has 4 N–H and O–H groups in total. The lowest BCUT2D eigenvalue weighted by atomic mass is 10.1. The van der Waals surface area contributed by atoms with Crippen molar-refractivity contribution in [2.45, 2.75) is 36.8 Å². The van der Waals surface area contributed by atoms with Crippen molar-refractivity contribution in [1.82, 2.24) is 9.97 Å². The number of ether oxygens (including phenoxy) is 1. The number of esters is 1. The van der Waals surface area contributed by atoms with Gasteiger partial charge in [0, 0.05) is 16.7 Å². The number of nitrogens with zero attached hydrogens (tertiary/aromatic N) is 1. The number of aromatic amines is 1. The fraction of sp³-hybridized carbons (Fsp3) is 0.438. The number of nitrogens with one attached hydrogen (secondary N) is 2. The number of carbonyl (C=O) groups excluding carboxylic acids is 1. The van der Waals surface area contributed by atoms with Crippen LogP contribution in [0.2, 0.25) is 0 Å². The minimum Gasteiger partial charge on any atom is -0.462 e. The van der Waals surface area contributed by atoms with Crippen molar-refractivity contribution in [2.24, 2.45) is 0 Å². The Morgan fingerprint density at radius 3 is 3.08 bits per heavy atom. The Morgan fingerprint density at radius 1 is 1.52 bits per heavy atom. The van der Waals surface area contributed by atoms with E-state index in [0.29, 0.717) is 22.2 Å². The molecule has 0 saturated carbocycles. The molecular formula is C16H20N4O3S2. The quantitative estimate of drug-likeness (QED) is 0.683. The third kappa shape index (κ3) is 3.98. The molecule has 7 nitrogen and oxygen atoms in total. The molecular weight excluding hydrogens is 360 g/mol. The summed E-state index contributed by atoms with van der Waals surface area (Å²) in [4.78, 5) is 32.9. The number of carbonyl (C=O) groups is 1. The third-order valence-corrected chi connectivity index (χ3v) is 6.49. The first-order valence-corrected chi connectivity index (χ1v) is 9.74. The highest BCUT2D eigenvalue weighted by molar-refractivity contribution is 8.00. The van der Waals surface area contributed by atoms with E-state index in [1.165, 1.54) is 28.0 Å². The number of rotatable bonds is 5. The van der Waals surface area contributed by atoms with Crippen molar-refractivity contribution in [3.63, 3.8) is 0 Å². The molecule has 0 aliphatic carbocycles. The zero-order valence-electron chi connectivity index (χ0n) is 14.0. The van der Waals surface area contributed by atoms with Gasteiger partial charge in [0.25, 0.3) is 5.56 Å². The van der Waals surface area contributed by atoms with Gasteiger partial charge < -0.3 is 15.8 Å². The van der Waals surface area contributed by atoms with Crippen molar-refractivity contribution in [2.75, 3.05) is 24.2 Å². The minimum absolute atomic E-state index is 0.121. The van der Waals surface area contributed by atoms with Gasteiger partial charge in [-0.05, 0) is 38.3 Å². The van der Waals surface area contributed by atoms with Gasteiger partial charge >= 0.3 is 5.97 Å².